The largest absolute Gasteiger partial charge is 0.376 e. The summed E-state index contributed by atoms with van der Waals surface area (Å²) in [6, 6.07) is 10.6. The molecule has 3 heterocycles. The van der Waals surface area contributed by atoms with E-state index in [1.807, 2.05) is 7.05 Å². The summed E-state index contributed by atoms with van der Waals surface area (Å²) >= 11 is 0. The third-order valence-corrected chi connectivity index (χ3v) is 6.61. The second-order valence-electron chi connectivity index (χ2n) is 8.69. The van der Waals surface area contributed by atoms with Gasteiger partial charge in [0.15, 0.2) is 5.96 Å². The summed E-state index contributed by atoms with van der Waals surface area (Å²) in [6.07, 6.45) is 7.61. The van der Waals surface area contributed by atoms with Crippen LogP contribution in [-0.2, 0) is 14.2 Å². The van der Waals surface area contributed by atoms with Crippen molar-refractivity contribution in [1.82, 2.24) is 10.2 Å². The molecule has 0 aromatic heterocycles. The van der Waals surface area contributed by atoms with Gasteiger partial charge in [0.2, 0.25) is 0 Å². The van der Waals surface area contributed by atoms with Crippen molar-refractivity contribution < 1.29 is 14.2 Å². The summed E-state index contributed by atoms with van der Waals surface area (Å²) in [5.74, 6) is 1.48. The molecule has 7 heteroatoms. The second kappa shape index (κ2) is 13.0. The molecular formula is C24H38IN3O3. The highest BCUT2D eigenvalue weighted by Gasteiger charge is 2.30. The Kier molecular flexibility index (Phi) is 10.3. The minimum atomic E-state index is 0. The van der Waals surface area contributed by atoms with Crippen LogP contribution >= 0.6 is 24.0 Å². The number of aliphatic imine (C=N–C) groups is 1. The summed E-state index contributed by atoms with van der Waals surface area (Å²) in [5, 5.41) is 3.61. The normalized spacial score (nSPS) is 27.7. The predicted octanol–water partition coefficient (Wildman–Crippen LogP) is 4.01. The lowest BCUT2D eigenvalue weighted by Crippen LogP contribution is -2.48. The number of nitrogens with one attached hydrogen (secondary N) is 1. The highest BCUT2D eigenvalue weighted by atomic mass is 127. The van der Waals surface area contributed by atoms with Crippen molar-refractivity contribution >= 4 is 29.9 Å². The van der Waals surface area contributed by atoms with E-state index in [9.17, 15) is 0 Å². The maximum atomic E-state index is 6.16. The quantitative estimate of drug-likeness (QED) is 0.334. The first-order chi connectivity index (χ1) is 14.8. The Morgan fingerprint density at radius 3 is 2.58 bits per heavy atom. The van der Waals surface area contributed by atoms with E-state index in [0.29, 0.717) is 18.1 Å². The van der Waals surface area contributed by atoms with Crippen LogP contribution in [-0.4, -0.2) is 69.6 Å². The van der Waals surface area contributed by atoms with E-state index in [1.165, 1.54) is 18.4 Å². The molecule has 6 nitrogen and oxygen atoms in total. The first-order valence-electron chi connectivity index (χ1n) is 11.7. The Morgan fingerprint density at radius 2 is 1.87 bits per heavy atom. The molecule has 1 aromatic rings. The lowest BCUT2D eigenvalue weighted by Gasteiger charge is -2.35. The molecule has 3 fully saturated rings. The van der Waals surface area contributed by atoms with Crippen LogP contribution in [0.25, 0.3) is 0 Å². The van der Waals surface area contributed by atoms with Gasteiger partial charge in [0.1, 0.15) is 0 Å². The van der Waals surface area contributed by atoms with Crippen LogP contribution in [0.2, 0.25) is 0 Å². The molecule has 0 amide bonds. The summed E-state index contributed by atoms with van der Waals surface area (Å²) < 4.78 is 18.0. The number of nitrogens with zero attached hydrogens (tertiary/aromatic N) is 2. The standard InChI is InChI=1S/C24H37N3O3.HI/c1-25-24(26-17-20-12-16-29-23(20)19-7-3-2-4-8-19)27-13-10-21(11-14-27)30-18-22-9-5-6-15-28-22;/h2-4,7-8,20-23H,5-6,9-18H2,1H3,(H,25,26);1H. The molecule has 0 saturated carbocycles. The summed E-state index contributed by atoms with van der Waals surface area (Å²) in [6.45, 7) is 5.34. The number of piperidine rings is 1. The Labute approximate surface area is 204 Å². The first-order valence-corrected chi connectivity index (χ1v) is 11.7. The zero-order valence-electron chi connectivity index (χ0n) is 18.7. The Hall–Kier alpha value is -0.900. The van der Waals surface area contributed by atoms with Gasteiger partial charge in [-0.1, -0.05) is 30.3 Å². The summed E-state index contributed by atoms with van der Waals surface area (Å²) in [5.41, 5.74) is 1.27. The third-order valence-electron chi connectivity index (χ3n) is 6.61. The molecule has 3 atom stereocenters. The van der Waals surface area contributed by atoms with Crippen molar-refractivity contribution in [3.63, 3.8) is 0 Å². The molecule has 31 heavy (non-hydrogen) atoms. The first kappa shape index (κ1) is 24.7. The fraction of sp³-hybridized carbons (Fsp3) is 0.708. The van der Waals surface area contributed by atoms with E-state index < -0.39 is 0 Å². The second-order valence-corrected chi connectivity index (χ2v) is 8.69. The van der Waals surface area contributed by atoms with Crippen LogP contribution in [0.1, 0.15) is 50.2 Å². The number of hydrogen-bond donors (Lipinski definition) is 1. The highest BCUT2D eigenvalue weighted by Crippen LogP contribution is 2.34. The van der Waals surface area contributed by atoms with E-state index >= 15 is 0 Å². The molecule has 1 aromatic carbocycles. The SMILES string of the molecule is CN=C(NCC1CCOC1c1ccccc1)N1CCC(OCC2CCCCO2)CC1.I. The van der Waals surface area contributed by atoms with Gasteiger partial charge in [0.05, 0.1) is 24.9 Å². The molecule has 4 rings (SSSR count). The third kappa shape index (κ3) is 7.04. The van der Waals surface area contributed by atoms with Crippen molar-refractivity contribution in [2.75, 3.05) is 46.5 Å². The Morgan fingerprint density at radius 1 is 1.06 bits per heavy atom. The van der Waals surface area contributed by atoms with Crippen LogP contribution < -0.4 is 5.32 Å². The lowest BCUT2D eigenvalue weighted by atomic mass is 9.95. The van der Waals surface area contributed by atoms with Gasteiger partial charge >= 0.3 is 0 Å². The molecule has 3 aliphatic rings. The highest BCUT2D eigenvalue weighted by molar-refractivity contribution is 14.0. The molecule has 0 bridgehead atoms. The van der Waals surface area contributed by atoms with Gasteiger partial charge in [0, 0.05) is 45.8 Å². The molecule has 3 unspecified atom stereocenters. The maximum absolute atomic E-state index is 6.16. The Bertz CT molecular complexity index is 661. The van der Waals surface area contributed by atoms with Crippen molar-refractivity contribution in [3.8, 4) is 0 Å². The molecule has 0 aliphatic carbocycles. The molecule has 0 radical (unpaired) electrons. The Balaban J connectivity index is 0.00000272. The average Bonchev–Trinajstić information content (AvgIpc) is 3.29. The van der Waals surface area contributed by atoms with Gasteiger partial charge in [-0.3, -0.25) is 4.99 Å². The number of benzene rings is 1. The zero-order valence-corrected chi connectivity index (χ0v) is 21.0. The molecule has 3 aliphatic heterocycles. The number of rotatable bonds is 6. The number of guanidine groups is 1. The van der Waals surface area contributed by atoms with Crippen LogP contribution in [0.5, 0.6) is 0 Å². The minimum absolute atomic E-state index is 0. The van der Waals surface area contributed by atoms with Crippen LogP contribution in [0.3, 0.4) is 0 Å². The number of halogens is 1. The summed E-state index contributed by atoms with van der Waals surface area (Å²) in [4.78, 5) is 6.91. The van der Waals surface area contributed by atoms with E-state index in [0.717, 1.165) is 71.1 Å². The molecule has 0 spiro atoms. The van der Waals surface area contributed by atoms with E-state index in [-0.39, 0.29) is 30.1 Å². The average molecular weight is 543 g/mol. The van der Waals surface area contributed by atoms with Crippen molar-refractivity contribution in [3.05, 3.63) is 35.9 Å². The van der Waals surface area contributed by atoms with Gasteiger partial charge in [-0.2, -0.15) is 0 Å². The molecule has 3 saturated heterocycles. The molecule has 174 valence electrons. The lowest BCUT2D eigenvalue weighted by molar-refractivity contribution is -0.0721. The van der Waals surface area contributed by atoms with Crippen LogP contribution in [0.15, 0.2) is 35.3 Å². The van der Waals surface area contributed by atoms with E-state index in [4.69, 9.17) is 14.2 Å². The van der Waals surface area contributed by atoms with Crippen molar-refractivity contribution in [2.24, 2.45) is 10.9 Å². The van der Waals surface area contributed by atoms with Gasteiger partial charge < -0.3 is 24.4 Å². The van der Waals surface area contributed by atoms with Crippen molar-refractivity contribution in [1.29, 1.82) is 0 Å². The van der Waals surface area contributed by atoms with E-state index in [2.05, 4.69) is 45.5 Å². The molecular weight excluding hydrogens is 505 g/mol. The number of hydrogen-bond acceptors (Lipinski definition) is 4. The van der Waals surface area contributed by atoms with Gasteiger partial charge in [-0.05, 0) is 44.1 Å². The number of likely N-dealkylation sites (tertiary alicyclic amines) is 1. The zero-order chi connectivity index (χ0) is 20.6. The summed E-state index contributed by atoms with van der Waals surface area (Å²) in [7, 11) is 1.88. The fourth-order valence-electron chi connectivity index (χ4n) is 4.83. The van der Waals surface area contributed by atoms with E-state index in [1.54, 1.807) is 0 Å². The minimum Gasteiger partial charge on any atom is -0.376 e. The van der Waals surface area contributed by atoms with Gasteiger partial charge in [-0.15, -0.1) is 24.0 Å². The fourth-order valence-corrected chi connectivity index (χ4v) is 4.83. The predicted molar refractivity (Wildman–Crippen MR) is 134 cm³/mol. The van der Waals surface area contributed by atoms with Gasteiger partial charge in [-0.25, -0.2) is 0 Å². The number of ether oxygens (including phenoxy) is 3. The molecule has 1 N–H and O–H groups in total. The van der Waals surface area contributed by atoms with Crippen LogP contribution in [0.4, 0.5) is 0 Å². The topological polar surface area (TPSA) is 55.3 Å². The smallest absolute Gasteiger partial charge is 0.193 e. The van der Waals surface area contributed by atoms with Crippen LogP contribution in [0, 0.1) is 5.92 Å². The maximum Gasteiger partial charge on any atom is 0.193 e. The van der Waals surface area contributed by atoms with Gasteiger partial charge in [0.25, 0.3) is 0 Å². The van der Waals surface area contributed by atoms with Crippen molar-refractivity contribution in [2.45, 2.75) is 56.8 Å². The monoisotopic (exact) mass is 543 g/mol.